The molecule has 1 aliphatic rings. The number of rotatable bonds is 5. The fourth-order valence-corrected chi connectivity index (χ4v) is 4.86. The Labute approximate surface area is 161 Å². The Hall–Kier alpha value is -2.18. The third kappa shape index (κ3) is 3.92. The maximum atomic E-state index is 12.9. The van der Waals surface area contributed by atoms with Crippen LogP contribution in [0.25, 0.3) is 0 Å². The Morgan fingerprint density at radius 2 is 1.93 bits per heavy atom. The smallest absolute Gasteiger partial charge is 0.241 e. The van der Waals surface area contributed by atoms with Gasteiger partial charge in [-0.3, -0.25) is 4.79 Å². The molecule has 5 nitrogen and oxygen atoms in total. The number of nitrogens with zero attached hydrogens (tertiary/aromatic N) is 1. The fourth-order valence-electron chi connectivity index (χ4n) is 3.59. The molecule has 1 amide bonds. The molecular formula is C21H26N2O3S. The summed E-state index contributed by atoms with van der Waals surface area (Å²) in [6.07, 6.45) is 1.12. The number of fused-ring (bicyclic) bond motifs is 1. The predicted molar refractivity (Wildman–Crippen MR) is 107 cm³/mol. The van der Waals surface area contributed by atoms with E-state index in [0.29, 0.717) is 19.4 Å². The number of nitrogens with one attached hydrogen (secondary N) is 1. The van der Waals surface area contributed by atoms with Gasteiger partial charge in [0.05, 0.1) is 4.90 Å². The first-order chi connectivity index (χ1) is 12.7. The summed E-state index contributed by atoms with van der Waals surface area (Å²) in [5.74, 6) is 0.0611. The lowest BCUT2D eigenvalue weighted by molar-refractivity contribution is -0.118. The van der Waals surface area contributed by atoms with Gasteiger partial charge >= 0.3 is 0 Å². The van der Waals surface area contributed by atoms with Crippen LogP contribution in [0.15, 0.2) is 41.3 Å². The molecule has 0 aliphatic carbocycles. The third-order valence-electron chi connectivity index (χ3n) is 5.09. The molecule has 0 saturated carbocycles. The van der Waals surface area contributed by atoms with Crippen molar-refractivity contribution in [2.75, 3.05) is 11.4 Å². The van der Waals surface area contributed by atoms with Crippen LogP contribution in [0.4, 0.5) is 5.69 Å². The summed E-state index contributed by atoms with van der Waals surface area (Å²) in [5, 5.41) is 0. The number of amides is 1. The van der Waals surface area contributed by atoms with E-state index in [1.54, 1.807) is 23.1 Å². The van der Waals surface area contributed by atoms with Crippen molar-refractivity contribution in [3.05, 3.63) is 58.7 Å². The highest BCUT2D eigenvalue weighted by atomic mass is 32.2. The molecule has 0 radical (unpaired) electrons. The first-order valence-corrected chi connectivity index (χ1v) is 10.7. The van der Waals surface area contributed by atoms with E-state index in [-0.39, 0.29) is 16.8 Å². The number of carbonyl (C=O) groups excluding carboxylic acids is 1. The van der Waals surface area contributed by atoms with Gasteiger partial charge in [-0.15, -0.1) is 0 Å². The zero-order valence-corrected chi connectivity index (χ0v) is 17.1. The van der Waals surface area contributed by atoms with E-state index >= 15 is 0 Å². The minimum atomic E-state index is -3.66. The SMILES string of the molecule is CCC(=O)N1CCc2cc(S(=O)(=O)N[C@H](C)c3cc(C)ccc3C)ccc21. The summed E-state index contributed by atoms with van der Waals surface area (Å²) in [4.78, 5) is 14.0. The largest absolute Gasteiger partial charge is 0.312 e. The van der Waals surface area contributed by atoms with Crippen molar-refractivity contribution in [3.63, 3.8) is 0 Å². The van der Waals surface area contributed by atoms with Crippen LogP contribution in [0.5, 0.6) is 0 Å². The van der Waals surface area contributed by atoms with Gasteiger partial charge in [-0.05, 0) is 62.1 Å². The molecule has 27 heavy (non-hydrogen) atoms. The molecule has 0 unspecified atom stereocenters. The molecule has 1 N–H and O–H groups in total. The van der Waals surface area contributed by atoms with Gasteiger partial charge in [-0.1, -0.05) is 30.7 Å². The third-order valence-corrected chi connectivity index (χ3v) is 6.63. The highest BCUT2D eigenvalue weighted by Gasteiger charge is 2.26. The lowest BCUT2D eigenvalue weighted by atomic mass is 10.0. The second kappa shape index (κ2) is 7.44. The van der Waals surface area contributed by atoms with E-state index in [1.165, 1.54) is 0 Å². The second-order valence-electron chi connectivity index (χ2n) is 7.14. The molecule has 1 aliphatic heterocycles. The number of hydrogen-bond acceptors (Lipinski definition) is 3. The normalized spacial score (nSPS) is 14.9. The number of benzene rings is 2. The first-order valence-electron chi connectivity index (χ1n) is 9.25. The van der Waals surface area contributed by atoms with Crippen LogP contribution in [0, 0.1) is 13.8 Å². The van der Waals surface area contributed by atoms with Gasteiger partial charge in [-0.25, -0.2) is 13.1 Å². The van der Waals surface area contributed by atoms with Gasteiger partial charge < -0.3 is 4.90 Å². The van der Waals surface area contributed by atoms with E-state index in [2.05, 4.69) is 4.72 Å². The number of carbonyl (C=O) groups is 1. The van der Waals surface area contributed by atoms with E-state index in [0.717, 1.165) is 27.9 Å². The molecule has 0 fully saturated rings. The molecule has 0 saturated heterocycles. The Balaban J connectivity index is 1.86. The van der Waals surface area contributed by atoms with Gasteiger partial charge in [-0.2, -0.15) is 0 Å². The Kier molecular flexibility index (Phi) is 5.40. The highest BCUT2D eigenvalue weighted by molar-refractivity contribution is 7.89. The van der Waals surface area contributed by atoms with E-state index in [4.69, 9.17) is 0 Å². The van der Waals surface area contributed by atoms with E-state index in [9.17, 15) is 13.2 Å². The fraction of sp³-hybridized carbons (Fsp3) is 0.381. The monoisotopic (exact) mass is 386 g/mol. The molecular weight excluding hydrogens is 360 g/mol. The maximum Gasteiger partial charge on any atom is 0.241 e. The summed E-state index contributed by atoms with van der Waals surface area (Å²) in [6.45, 7) is 8.27. The summed E-state index contributed by atoms with van der Waals surface area (Å²) >= 11 is 0. The van der Waals surface area contributed by atoms with Crippen LogP contribution in [-0.4, -0.2) is 20.9 Å². The van der Waals surface area contributed by atoms with Crippen LogP contribution < -0.4 is 9.62 Å². The van der Waals surface area contributed by atoms with Crippen LogP contribution in [0.2, 0.25) is 0 Å². The molecule has 6 heteroatoms. The molecule has 2 aromatic carbocycles. The molecule has 3 rings (SSSR count). The molecule has 0 bridgehead atoms. The highest BCUT2D eigenvalue weighted by Crippen LogP contribution is 2.31. The second-order valence-corrected chi connectivity index (χ2v) is 8.86. The number of sulfonamides is 1. The zero-order valence-electron chi connectivity index (χ0n) is 16.2. The van der Waals surface area contributed by atoms with Crippen molar-refractivity contribution in [2.45, 2.75) is 51.5 Å². The topological polar surface area (TPSA) is 66.5 Å². The molecule has 2 aromatic rings. The minimum absolute atomic E-state index is 0.0611. The molecule has 0 spiro atoms. The Morgan fingerprint density at radius 3 is 2.63 bits per heavy atom. The van der Waals surface area contributed by atoms with Crippen LogP contribution in [0.1, 0.15) is 48.6 Å². The lowest BCUT2D eigenvalue weighted by Crippen LogP contribution is -2.28. The van der Waals surface area contributed by atoms with Gasteiger partial charge in [0.2, 0.25) is 15.9 Å². The lowest BCUT2D eigenvalue weighted by Gasteiger charge is -2.19. The average Bonchev–Trinajstić information content (AvgIpc) is 3.05. The van der Waals surface area contributed by atoms with Gasteiger partial charge in [0.15, 0.2) is 0 Å². The molecule has 144 valence electrons. The van der Waals surface area contributed by atoms with Crippen molar-refractivity contribution < 1.29 is 13.2 Å². The predicted octanol–water partition coefficient (Wildman–Crippen LogP) is 3.64. The first kappa shape index (κ1) is 19.6. The van der Waals surface area contributed by atoms with Crippen molar-refractivity contribution in [3.8, 4) is 0 Å². The van der Waals surface area contributed by atoms with E-state index < -0.39 is 10.0 Å². The van der Waals surface area contributed by atoms with Gasteiger partial charge in [0.1, 0.15) is 0 Å². The average molecular weight is 387 g/mol. The number of aryl methyl sites for hydroxylation is 2. The van der Waals surface area contributed by atoms with Gasteiger partial charge in [0.25, 0.3) is 0 Å². The zero-order chi connectivity index (χ0) is 19.8. The van der Waals surface area contributed by atoms with Crippen molar-refractivity contribution in [1.29, 1.82) is 0 Å². The standard InChI is InChI=1S/C21H26N2O3S/c1-5-21(24)23-11-10-17-13-18(8-9-20(17)23)27(25,26)22-16(4)19-12-14(2)6-7-15(19)3/h6-9,12-13,16,22H,5,10-11H2,1-4H3/t16-/m1/s1. The quantitative estimate of drug-likeness (QED) is 0.853. The minimum Gasteiger partial charge on any atom is -0.312 e. The summed E-state index contributed by atoms with van der Waals surface area (Å²) in [6, 6.07) is 10.7. The maximum absolute atomic E-state index is 12.9. The van der Waals surface area contributed by atoms with E-state index in [1.807, 2.05) is 45.9 Å². The van der Waals surface area contributed by atoms with Crippen LogP contribution in [0.3, 0.4) is 0 Å². The van der Waals surface area contributed by atoms with Gasteiger partial charge in [0, 0.05) is 24.7 Å². The van der Waals surface area contributed by atoms with Crippen molar-refractivity contribution in [2.24, 2.45) is 0 Å². The Morgan fingerprint density at radius 1 is 1.19 bits per heavy atom. The summed E-state index contributed by atoms with van der Waals surface area (Å²) < 4.78 is 28.6. The molecule has 1 heterocycles. The molecule has 0 aromatic heterocycles. The van der Waals surface area contributed by atoms with Crippen LogP contribution >= 0.6 is 0 Å². The summed E-state index contributed by atoms with van der Waals surface area (Å²) in [5.41, 5.74) is 4.85. The van der Waals surface area contributed by atoms with Crippen LogP contribution in [-0.2, 0) is 21.2 Å². The Bertz CT molecular complexity index is 983. The van der Waals surface area contributed by atoms with Crippen molar-refractivity contribution in [1.82, 2.24) is 4.72 Å². The summed E-state index contributed by atoms with van der Waals surface area (Å²) in [7, 11) is -3.66. The number of hydrogen-bond donors (Lipinski definition) is 1. The number of anilines is 1. The van der Waals surface area contributed by atoms with Crippen molar-refractivity contribution >= 4 is 21.6 Å². The molecule has 1 atom stereocenters.